The van der Waals surface area contributed by atoms with Gasteiger partial charge in [-0.1, -0.05) is 0 Å². The number of nitrogen functional groups attached to an aromatic ring is 1. The van der Waals surface area contributed by atoms with E-state index in [1.54, 1.807) is 13.0 Å². The molecule has 0 radical (unpaired) electrons. The van der Waals surface area contributed by atoms with Gasteiger partial charge in [-0.3, -0.25) is 19.3 Å². The summed E-state index contributed by atoms with van der Waals surface area (Å²) in [4.78, 5) is 38.1. The molecule has 1 saturated heterocycles. The molecule has 2 heterocycles. The van der Waals surface area contributed by atoms with Gasteiger partial charge in [0.1, 0.15) is 5.54 Å². The van der Waals surface area contributed by atoms with Gasteiger partial charge >= 0.3 is 0 Å². The fourth-order valence-corrected chi connectivity index (χ4v) is 2.86. The number of imide groups is 1. The molecule has 0 saturated carbocycles. The summed E-state index contributed by atoms with van der Waals surface area (Å²) in [6, 6.07) is 4.60. The maximum atomic E-state index is 12.5. The molecule has 2 aliphatic rings. The third-order valence-corrected chi connectivity index (χ3v) is 4.02. The number of carbonyl (C=O) groups excluding carboxylic acids is 3. The number of piperidine rings is 1. The van der Waals surface area contributed by atoms with Crippen LogP contribution in [0.3, 0.4) is 0 Å². The second-order valence-electron chi connectivity index (χ2n) is 5.38. The van der Waals surface area contributed by atoms with E-state index in [0.717, 1.165) is 11.3 Å². The smallest absolute Gasteiger partial charge is 0.262 e. The first kappa shape index (κ1) is 12.7. The molecule has 0 unspecified atom stereocenters. The standard InChI is InChI=1S/C14H15N3O3/c1-14(5-2-6-16-13(14)20)17-11(18)9-4-3-8(15)7-10(9)12(17)19/h3-4,7H,2,5-6,15H2,1H3,(H,16,20)/t14-/m1/s1. The van der Waals surface area contributed by atoms with Gasteiger partial charge in [0, 0.05) is 12.2 Å². The van der Waals surface area contributed by atoms with Crippen LogP contribution >= 0.6 is 0 Å². The number of nitrogens with zero attached hydrogens (tertiary/aromatic N) is 1. The summed E-state index contributed by atoms with van der Waals surface area (Å²) in [5, 5.41) is 2.72. The molecule has 6 nitrogen and oxygen atoms in total. The number of carbonyl (C=O) groups is 3. The van der Waals surface area contributed by atoms with Gasteiger partial charge < -0.3 is 11.1 Å². The molecule has 104 valence electrons. The van der Waals surface area contributed by atoms with Gasteiger partial charge in [0.15, 0.2) is 0 Å². The Hall–Kier alpha value is -2.37. The van der Waals surface area contributed by atoms with Gasteiger partial charge in [0.2, 0.25) is 5.91 Å². The molecular weight excluding hydrogens is 258 g/mol. The number of fused-ring (bicyclic) bond motifs is 1. The van der Waals surface area contributed by atoms with Gasteiger partial charge in [-0.05, 0) is 38.0 Å². The van der Waals surface area contributed by atoms with Crippen LogP contribution in [-0.2, 0) is 4.79 Å². The summed E-state index contributed by atoms with van der Waals surface area (Å²) in [5.74, 6) is -1.16. The monoisotopic (exact) mass is 273 g/mol. The molecule has 3 amide bonds. The van der Waals surface area contributed by atoms with Crippen LogP contribution in [0.15, 0.2) is 18.2 Å². The molecule has 1 atom stereocenters. The Labute approximate surface area is 115 Å². The summed E-state index contributed by atoms with van der Waals surface area (Å²) in [6.07, 6.45) is 1.21. The Balaban J connectivity index is 2.07. The SMILES string of the molecule is C[C@@]1(N2C(=O)c3ccc(N)cc3C2=O)CCCNC1=O. The van der Waals surface area contributed by atoms with Crippen LogP contribution in [0.25, 0.3) is 0 Å². The van der Waals surface area contributed by atoms with Crippen LogP contribution in [0, 0.1) is 0 Å². The van der Waals surface area contributed by atoms with E-state index in [2.05, 4.69) is 5.32 Å². The molecule has 1 aromatic rings. The molecule has 0 aromatic heterocycles. The molecule has 2 aliphatic heterocycles. The second-order valence-corrected chi connectivity index (χ2v) is 5.38. The Morgan fingerprint density at radius 3 is 2.60 bits per heavy atom. The van der Waals surface area contributed by atoms with Crippen molar-refractivity contribution in [1.82, 2.24) is 10.2 Å². The highest BCUT2D eigenvalue weighted by Crippen LogP contribution is 2.34. The van der Waals surface area contributed by atoms with Crippen molar-refractivity contribution in [2.24, 2.45) is 0 Å². The first-order valence-electron chi connectivity index (χ1n) is 6.52. The number of hydrogen-bond acceptors (Lipinski definition) is 4. The molecule has 3 N–H and O–H groups in total. The quantitative estimate of drug-likeness (QED) is 0.576. The highest BCUT2D eigenvalue weighted by Gasteiger charge is 2.51. The number of nitrogens with two attached hydrogens (primary N) is 1. The van der Waals surface area contributed by atoms with Crippen LogP contribution in [0.4, 0.5) is 5.69 Å². The van der Waals surface area contributed by atoms with Crippen molar-refractivity contribution in [2.45, 2.75) is 25.3 Å². The lowest BCUT2D eigenvalue weighted by Gasteiger charge is -2.38. The van der Waals surface area contributed by atoms with Crippen molar-refractivity contribution < 1.29 is 14.4 Å². The molecule has 0 spiro atoms. The van der Waals surface area contributed by atoms with Crippen LogP contribution in [-0.4, -0.2) is 34.7 Å². The van der Waals surface area contributed by atoms with E-state index in [9.17, 15) is 14.4 Å². The van der Waals surface area contributed by atoms with Crippen molar-refractivity contribution in [3.63, 3.8) is 0 Å². The average molecular weight is 273 g/mol. The van der Waals surface area contributed by atoms with Gasteiger partial charge in [0.05, 0.1) is 11.1 Å². The summed E-state index contributed by atoms with van der Waals surface area (Å²) in [5.41, 5.74) is 5.54. The first-order valence-corrected chi connectivity index (χ1v) is 6.52. The van der Waals surface area contributed by atoms with E-state index in [0.29, 0.717) is 24.2 Å². The van der Waals surface area contributed by atoms with E-state index < -0.39 is 17.4 Å². The van der Waals surface area contributed by atoms with Crippen molar-refractivity contribution in [2.75, 3.05) is 12.3 Å². The van der Waals surface area contributed by atoms with Crippen molar-refractivity contribution in [3.8, 4) is 0 Å². The minimum Gasteiger partial charge on any atom is -0.399 e. The number of hydrogen-bond donors (Lipinski definition) is 2. The predicted octanol–water partition coefficient (Wildman–Crippen LogP) is 0.533. The van der Waals surface area contributed by atoms with E-state index in [1.807, 2.05) is 0 Å². The minimum absolute atomic E-state index is 0.273. The molecule has 0 bridgehead atoms. The highest BCUT2D eigenvalue weighted by atomic mass is 16.2. The lowest BCUT2D eigenvalue weighted by molar-refractivity contribution is -0.132. The number of rotatable bonds is 1. The van der Waals surface area contributed by atoms with Gasteiger partial charge in [-0.25, -0.2) is 0 Å². The molecule has 6 heteroatoms. The normalized spacial score (nSPS) is 25.6. The lowest BCUT2D eigenvalue weighted by Crippen LogP contribution is -2.61. The lowest BCUT2D eigenvalue weighted by atomic mass is 9.89. The zero-order chi connectivity index (χ0) is 14.5. The third kappa shape index (κ3) is 1.54. The zero-order valence-corrected chi connectivity index (χ0v) is 11.1. The van der Waals surface area contributed by atoms with Crippen LogP contribution in [0.2, 0.25) is 0 Å². The Morgan fingerprint density at radius 1 is 1.20 bits per heavy atom. The Morgan fingerprint density at radius 2 is 1.90 bits per heavy atom. The molecule has 3 rings (SSSR count). The fraction of sp³-hybridized carbons (Fsp3) is 0.357. The van der Waals surface area contributed by atoms with E-state index in [4.69, 9.17) is 5.73 Å². The van der Waals surface area contributed by atoms with Gasteiger partial charge in [0.25, 0.3) is 11.8 Å². The van der Waals surface area contributed by atoms with E-state index in [1.165, 1.54) is 12.1 Å². The summed E-state index contributed by atoms with van der Waals surface area (Å²) in [6.45, 7) is 2.21. The maximum Gasteiger partial charge on any atom is 0.262 e. The van der Waals surface area contributed by atoms with Crippen molar-refractivity contribution in [3.05, 3.63) is 29.3 Å². The summed E-state index contributed by atoms with van der Waals surface area (Å²) >= 11 is 0. The number of anilines is 1. The second kappa shape index (κ2) is 4.06. The third-order valence-electron chi connectivity index (χ3n) is 4.02. The van der Waals surface area contributed by atoms with E-state index in [-0.39, 0.29) is 11.5 Å². The Bertz CT molecular complexity index is 641. The summed E-state index contributed by atoms with van der Waals surface area (Å²) < 4.78 is 0. The molecule has 20 heavy (non-hydrogen) atoms. The number of amides is 3. The number of nitrogens with one attached hydrogen (secondary N) is 1. The molecule has 1 fully saturated rings. The van der Waals surface area contributed by atoms with Gasteiger partial charge in [-0.2, -0.15) is 0 Å². The highest BCUT2D eigenvalue weighted by molar-refractivity contribution is 6.23. The molecule has 1 aromatic carbocycles. The molecule has 0 aliphatic carbocycles. The summed E-state index contributed by atoms with van der Waals surface area (Å²) in [7, 11) is 0. The fourth-order valence-electron chi connectivity index (χ4n) is 2.86. The van der Waals surface area contributed by atoms with Crippen LogP contribution < -0.4 is 11.1 Å². The predicted molar refractivity (Wildman–Crippen MR) is 72.0 cm³/mol. The number of benzene rings is 1. The molecular formula is C14H15N3O3. The van der Waals surface area contributed by atoms with Crippen LogP contribution in [0.1, 0.15) is 40.5 Å². The van der Waals surface area contributed by atoms with Gasteiger partial charge in [-0.15, -0.1) is 0 Å². The maximum absolute atomic E-state index is 12.5. The zero-order valence-electron chi connectivity index (χ0n) is 11.1. The average Bonchev–Trinajstić information content (AvgIpc) is 2.65. The van der Waals surface area contributed by atoms with E-state index >= 15 is 0 Å². The van der Waals surface area contributed by atoms with Crippen molar-refractivity contribution in [1.29, 1.82) is 0 Å². The Kier molecular flexibility index (Phi) is 2.57. The largest absolute Gasteiger partial charge is 0.399 e. The van der Waals surface area contributed by atoms with Crippen molar-refractivity contribution >= 4 is 23.4 Å². The van der Waals surface area contributed by atoms with Crippen LogP contribution in [0.5, 0.6) is 0 Å². The minimum atomic E-state index is -1.12. The first-order chi connectivity index (χ1) is 9.45. The topological polar surface area (TPSA) is 92.5 Å².